The Hall–Kier alpha value is -2.01. The Morgan fingerprint density at radius 3 is 2.23 bits per heavy atom. The molecule has 1 heterocycles. The number of alkyl halides is 3. The topological polar surface area (TPSA) is 9.23 Å². The summed E-state index contributed by atoms with van der Waals surface area (Å²) in [5, 5.41) is 0. The van der Waals surface area contributed by atoms with Crippen molar-refractivity contribution in [3.05, 3.63) is 75.8 Å². The van der Waals surface area contributed by atoms with Crippen LogP contribution in [0.2, 0.25) is 0 Å². The molecule has 0 N–H and O–H groups in total. The van der Waals surface area contributed by atoms with Gasteiger partial charge >= 0.3 is 6.18 Å². The summed E-state index contributed by atoms with van der Waals surface area (Å²) in [5.74, 6) is 0.567. The molecule has 0 saturated heterocycles. The third-order valence-electron chi connectivity index (χ3n) is 3.19. The normalized spacial score (nSPS) is 14.4. The van der Waals surface area contributed by atoms with Gasteiger partial charge in [0.2, 0.25) is 0 Å². The third-order valence-corrected chi connectivity index (χ3v) is 3.72. The zero-order chi connectivity index (χ0) is 15.7. The van der Waals surface area contributed by atoms with E-state index in [0.29, 0.717) is 16.9 Å². The first-order valence-electron chi connectivity index (χ1n) is 6.47. The Kier molecular flexibility index (Phi) is 3.83. The van der Waals surface area contributed by atoms with Crippen molar-refractivity contribution in [1.82, 2.24) is 0 Å². The number of benzene rings is 2. The molecule has 0 aliphatic carbocycles. The summed E-state index contributed by atoms with van der Waals surface area (Å²) in [6.07, 6.45) is -2.31. The van der Waals surface area contributed by atoms with Crippen LogP contribution in [0.1, 0.15) is 11.1 Å². The van der Waals surface area contributed by atoms with Crippen LogP contribution < -0.4 is 4.74 Å². The van der Waals surface area contributed by atoms with Gasteiger partial charge in [-0.1, -0.05) is 46.3 Å². The molecule has 3 rings (SSSR count). The highest BCUT2D eigenvalue weighted by molar-refractivity contribution is 9.10. The molecule has 0 unspecified atom stereocenters. The Morgan fingerprint density at radius 1 is 0.864 bits per heavy atom. The van der Waals surface area contributed by atoms with Crippen molar-refractivity contribution in [2.75, 3.05) is 0 Å². The fourth-order valence-electron chi connectivity index (χ4n) is 2.11. The molecule has 0 spiro atoms. The van der Waals surface area contributed by atoms with Gasteiger partial charge in [-0.3, -0.25) is 0 Å². The van der Waals surface area contributed by atoms with Gasteiger partial charge in [-0.2, -0.15) is 13.2 Å². The zero-order valence-electron chi connectivity index (χ0n) is 11.2. The maximum atomic E-state index is 13.2. The maximum absolute atomic E-state index is 13.2. The molecular weight excluding hydrogens is 357 g/mol. The van der Waals surface area contributed by atoms with Crippen molar-refractivity contribution in [2.45, 2.75) is 6.18 Å². The molecule has 1 aliphatic heterocycles. The minimum Gasteiger partial charge on any atom is -0.456 e. The van der Waals surface area contributed by atoms with Crippen LogP contribution in [0.15, 0.2) is 64.7 Å². The van der Waals surface area contributed by atoms with E-state index in [4.69, 9.17) is 4.74 Å². The minimum atomic E-state index is -4.44. The number of halogens is 4. The Balaban J connectivity index is 2.13. The van der Waals surface area contributed by atoms with Gasteiger partial charge in [0.05, 0.1) is 5.57 Å². The van der Waals surface area contributed by atoms with Crippen LogP contribution in [-0.2, 0) is 0 Å². The predicted molar refractivity (Wildman–Crippen MR) is 83.2 cm³/mol. The summed E-state index contributed by atoms with van der Waals surface area (Å²) < 4.78 is 46.1. The van der Waals surface area contributed by atoms with E-state index >= 15 is 0 Å². The molecule has 2 aromatic rings. The summed E-state index contributed by atoms with van der Waals surface area (Å²) >= 11 is 3.30. The number of hydrogen-bond acceptors (Lipinski definition) is 1. The molecular formula is C17H10BrF3O. The van der Waals surface area contributed by atoms with Crippen LogP contribution in [0.25, 0.3) is 11.8 Å². The smallest absolute Gasteiger partial charge is 0.416 e. The predicted octanol–water partition coefficient (Wildman–Crippen LogP) is 5.83. The van der Waals surface area contributed by atoms with Gasteiger partial charge in [0.25, 0.3) is 0 Å². The molecule has 1 aliphatic rings. The highest BCUT2D eigenvalue weighted by Crippen LogP contribution is 2.37. The monoisotopic (exact) mass is 366 g/mol. The summed E-state index contributed by atoms with van der Waals surface area (Å²) in [5.41, 5.74) is 0.239. The molecule has 0 radical (unpaired) electrons. The lowest BCUT2D eigenvalue weighted by Crippen LogP contribution is -2.10. The third kappa shape index (κ3) is 3.09. The first-order valence-corrected chi connectivity index (χ1v) is 7.26. The number of allylic oxidation sites excluding steroid dienone is 2. The van der Waals surface area contributed by atoms with Crippen LogP contribution in [0.5, 0.6) is 5.75 Å². The standard InChI is InChI=1S/C17H10BrF3O/c18-14-7-5-11(6-8-14)16-10-13(17(19,20)21)9-12-3-1-2-4-15(12)22-16/h1-10H. The van der Waals surface area contributed by atoms with Crippen molar-refractivity contribution in [3.8, 4) is 5.75 Å². The van der Waals surface area contributed by atoms with Crippen LogP contribution in [0, 0.1) is 0 Å². The number of rotatable bonds is 1. The molecule has 0 bridgehead atoms. The van der Waals surface area contributed by atoms with Crippen molar-refractivity contribution in [2.24, 2.45) is 0 Å². The number of para-hydroxylation sites is 1. The lowest BCUT2D eigenvalue weighted by Gasteiger charge is -2.11. The molecule has 0 fully saturated rings. The van der Waals surface area contributed by atoms with Crippen molar-refractivity contribution >= 4 is 27.8 Å². The lowest BCUT2D eigenvalue weighted by molar-refractivity contribution is -0.0872. The minimum absolute atomic E-state index is 0.168. The van der Waals surface area contributed by atoms with E-state index in [9.17, 15) is 13.2 Å². The van der Waals surface area contributed by atoms with Crippen molar-refractivity contribution < 1.29 is 17.9 Å². The van der Waals surface area contributed by atoms with E-state index in [1.54, 1.807) is 48.5 Å². The Morgan fingerprint density at radius 2 is 1.55 bits per heavy atom. The van der Waals surface area contributed by atoms with Gasteiger partial charge in [0.15, 0.2) is 0 Å². The molecule has 112 valence electrons. The van der Waals surface area contributed by atoms with Gasteiger partial charge in [0, 0.05) is 15.6 Å². The van der Waals surface area contributed by atoms with E-state index in [1.807, 2.05) is 0 Å². The van der Waals surface area contributed by atoms with Gasteiger partial charge < -0.3 is 4.74 Å². The van der Waals surface area contributed by atoms with Gasteiger partial charge in [0.1, 0.15) is 11.5 Å². The first-order chi connectivity index (χ1) is 10.4. The Labute approximate surface area is 133 Å². The van der Waals surface area contributed by atoms with Crippen LogP contribution in [0.4, 0.5) is 13.2 Å². The molecule has 0 atom stereocenters. The SMILES string of the molecule is FC(F)(F)C1=Cc2ccccc2OC(c2ccc(Br)cc2)=C1. The van der Waals surface area contributed by atoms with Crippen LogP contribution in [0.3, 0.4) is 0 Å². The summed E-state index contributed by atoms with van der Waals surface area (Å²) in [7, 11) is 0. The van der Waals surface area contributed by atoms with E-state index in [0.717, 1.165) is 16.6 Å². The highest BCUT2D eigenvalue weighted by Gasteiger charge is 2.34. The largest absolute Gasteiger partial charge is 0.456 e. The quantitative estimate of drug-likeness (QED) is 0.616. The molecule has 2 aromatic carbocycles. The average Bonchev–Trinajstić information content (AvgIpc) is 2.67. The number of ether oxygens (including phenoxy) is 1. The van der Waals surface area contributed by atoms with Crippen LogP contribution in [-0.4, -0.2) is 6.18 Å². The molecule has 0 saturated carbocycles. The second-order valence-electron chi connectivity index (χ2n) is 4.75. The zero-order valence-corrected chi connectivity index (χ0v) is 12.8. The van der Waals surface area contributed by atoms with Gasteiger partial charge in [-0.05, 0) is 30.4 Å². The second-order valence-corrected chi connectivity index (χ2v) is 5.67. The van der Waals surface area contributed by atoms with E-state index < -0.39 is 11.7 Å². The number of fused-ring (bicyclic) bond motifs is 1. The highest BCUT2D eigenvalue weighted by atomic mass is 79.9. The number of hydrogen-bond donors (Lipinski definition) is 0. The lowest BCUT2D eigenvalue weighted by atomic mass is 10.1. The van der Waals surface area contributed by atoms with E-state index in [-0.39, 0.29) is 5.76 Å². The Bertz CT molecular complexity index is 758. The second kappa shape index (κ2) is 5.65. The molecule has 0 amide bonds. The molecule has 1 nitrogen and oxygen atoms in total. The summed E-state index contributed by atoms with van der Waals surface area (Å²) in [6, 6.07) is 13.6. The van der Waals surface area contributed by atoms with Crippen LogP contribution >= 0.6 is 15.9 Å². The fraction of sp³-hybridized carbons (Fsp3) is 0.0588. The maximum Gasteiger partial charge on any atom is 0.416 e. The van der Waals surface area contributed by atoms with Gasteiger partial charge in [-0.25, -0.2) is 0 Å². The fourth-order valence-corrected chi connectivity index (χ4v) is 2.38. The average molecular weight is 367 g/mol. The summed E-state index contributed by atoms with van der Waals surface area (Å²) in [6.45, 7) is 0. The van der Waals surface area contributed by atoms with E-state index in [1.165, 1.54) is 0 Å². The van der Waals surface area contributed by atoms with E-state index in [2.05, 4.69) is 15.9 Å². The molecule has 22 heavy (non-hydrogen) atoms. The van der Waals surface area contributed by atoms with Crippen molar-refractivity contribution in [3.63, 3.8) is 0 Å². The summed E-state index contributed by atoms with van der Waals surface area (Å²) in [4.78, 5) is 0. The van der Waals surface area contributed by atoms with Crippen molar-refractivity contribution in [1.29, 1.82) is 0 Å². The molecule has 5 heteroatoms. The molecule has 0 aromatic heterocycles. The van der Waals surface area contributed by atoms with Gasteiger partial charge in [-0.15, -0.1) is 0 Å². The first kappa shape index (κ1) is 14.9.